The van der Waals surface area contributed by atoms with Gasteiger partial charge in [-0.05, 0) is 55.7 Å². The molecule has 1 aliphatic carbocycles. The first-order valence-electron chi connectivity index (χ1n) is 11.0. The Morgan fingerprint density at radius 2 is 1.77 bits per heavy atom. The number of fused-ring (bicyclic) bond motifs is 1. The zero-order valence-electron chi connectivity index (χ0n) is 18.5. The van der Waals surface area contributed by atoms with E-state index in [2.05, 4.69) is 25.3 Å². The summed E-state index contributed by atoms with van der Waals surface area (Å²) in [7, 11) is -3.26. The minimum atomic E-state index is -3.26. The molecule has 2 aromatic rings. The first-order chi connectivity index (χ1) is 14.0. The van der Waals surface area contributed by atoms with Gasteiger partial charge >= 0.3 is 0 Å². The first-order valence-corrected chi connectivity index (χ1v) is 12.7. The fourth-order valence-corrected chi connectivity index (χ4v) is 6.15. The molecule has 0 spiro atoms. The summed E-state index contributed by atoms with van der Waals surface area (Å²) in [5.74, 6) is 2.20. The van der Waals surface area contributed by atoms with Crippen molar-refractivity contribution in [1.29, 1.82) is 0 Å². The Balaban J connectivity index is 1.65. The Labute approximate surface area is 179 Å². The molecule has 0 bridgehead atoms. The van der Waals surface area contributed by atoms with Crippen LogP contribution in [0.25, 0.3) is 11.0 Å². The number of amides is 1. The Morgan fingerprint density at radius 1 is 1.10 bits per heavy atom. The number of aromatic nitrogens is 2. The lowest BCUT2D eigenvalue weighted by Gasteiger charge is -2.32. The van der Waals surface area contributed by atoms with Gasteiger partial charge in [0.05, 0.1) is 21.7 Å². The van der Waals surface area contributed by atoms with Gasteiger partial charge in [-0.2, -0.15) is 0 Å². The molecule has 2 fully saturated rings. The Hall–Kier alpha value is -1.89. The number of sulfone groups is 1. The van der Waals surface area contributed by atoms with Crippen molar-refractivity contribution < 1.29 is 13.2 Å². The van der Waals surface area contributed by atoms with Gasteiger partial charge in [0.15, 0.2) is 9.84 Å². The molecule has 1 saturated carbocycles. The van der Waals surface area contributed by atoms with E-state index in [-0.39, 0.29) is 17.1 Å². The van der Waals surface area contributed by atoms with Crippen LogP contribution in [0.3, 0.4) is 0 Å². The minimum absolute atomic E-state index is 0.147. The lowest BCUT2D eigenvalue weighted by atomic mass is 9.93. The van der Waals surface area contributed by atoms with E-state index >= 15 is 0 Å². The Bertz CT molecular complexity index is 1050. The zero-order valence-corrected chi connectivity index (χ0v) is 19.3. The van der Waals surface area contributed by atoms with E-state index in [1.165, 1.54) is 0 Å². The normalized spacial score (nSPS) is 18.9. The highest BCUT2D eigenvalue weighted by molar-refractivity contribution is 7.91. The average Bonchev–Trinajstić information content (AvgIpc) is 3.39. The summed E-state index contributed by atoms with van der Waals surface area (Å²) in [6.45, 7) is 10.5. The predicted octanol–water partition coefficient (Wildman–Crippen LogP) is 3.78. The van der Waals surface area contributed by atoms with Crippen molar-refractivity contribution in [2.24, 2.45) is 11.8 Å². The number of carbonyl (C=O) groups excluding carboxylic acids is 1. The number of hydrogen-bond acceptors (Lipinski definition) is 4. The van der Waals surface area contributed by atoms with E-state index in [1.807, 2.05) is 11.0 Å². The maximum Gasteiger partial charge on any atom is 0.219 e. The number of piperidine rings is 1. The molecule has 7 heteroatoms. The summed E-state index contributed by atoms with van der Waals surface area (Å²) < 4.78 is 27.8. The van der Waals surface area contributed by atoms with E-state index in [0.717, 1.165) is 62.2 Å². The zero-order chi connectivity index (χ0) is 21.7. The van der Waals surface area contributed by atoms with Crippen LogP contribution in [-0.4, -0.2) is 47.6 Å². The van der Waals surface area contributed by atoms with E-state index < -0.39 is 9.84 Å². The molecular formula is C23H33N3O3S. The lowest BCUT2D eigenvalue weighted by Crippen LogP contribution is -2.38. The summed E-state index contributed by atoms with van der Waals surface area (Å²) in [4.78, 5) is 18.8. The summed E-state index contributed by atoms with van der Waals surface area (Å²) in [5, 5.41) is 0. The second-order valence-electron chi connectivity index (χ2n) is 10.1. The molecule has 6 nitrogen and oxygen atoms in total. The maximum atomic E-state index is 12.8. The van der Waals surface area contributed by atoms with Gasteiger partial charge in [-0.1, -0.05) is 20.8 Å². The van der Waals surface area contributed by atoms with Crippen molar-refractivity contribution in [2.45, 2.75) is 70.2 Å². The van der Waals surface area contributed by atoms with E-state index in [9.17, 15) is 13.2 Å². The fourth-order valence-electron chi connectivity index (χ4n) is 4.44. The van der Waals surface area contributed by atoms with Gasteiger partial charge in [-0.25, -0.2) is 13.4 Å². The standard InChI is InChI=1S/C23H33N3O3S/c1-16(27)25-11-9-17(10-12-25)14-26-21-8-7-19(30(28,29)15-18-5-6-18)13-20(21)24-22(26)23(2,3)4/h7-8,13,17-18H,5-6,9-12,14-15H2,1-4H3. The van der Waals surface area contributed by atoms with E-state index in [1.54, 1.807) is 19.1 Å². The van der Waals surface area contributed by atoms with Gasteiger partial charge in [0.1, 0.15) is 5.82 Å². The van der Waals surface area contributed by atoms with Gasteiger partial charge in [0.25, 0.3) is 0 Å². The molecule has 1 saturated heterocycles. The van der Waals surface area contributed by atoms with Gasteiger partial charge in [0.2, 0.25) is 5.91 Å². The monoisotopic (exact) mass is 431 g/mol. The van der Waals surface area contributed by atoms with Gasteiger partial charge in [0, 0.05) is 32.0 Å². The number of rotatable bonds is 5. The van der Waals surface area contributed by atoms with Crippen molar-refractivity contribution >= 4 is 26.8 Å². The number of carbonyl (C=O) groups is 1. The quantitative estimate of drug-likeness (QED) is 0.722. The maximum absolute atomic E-state index is 12.8. The van der Waals surface area contributed by atoms with Crippen molar-refractivity contribution in [3.05, 3.63) is 24.0 Å². The van der Waals surface area contributed by atoms with Crippen LogP contribution in [-0.2, 0) is 26.6 Å². The Morgan fingerprint density at radius 3 is 2.33 bits per heavy atom. The van der Waals surface area contributed by atoms with Crippen LogP contribution in [0, 0.1) is 11.8 Å². The Kier molecular flexibility index (Phi) is 5.45. The van der Waals surface area contributed by atoms with Crippen LogP contribution < -0.4 is 0 Å². The lowest BCUT2D eigenvalue weighted by molar-refractivity contribution is -0.130. The van der Waals surface area contributed by atoms with E-state index in [0.29, 0.717) is 16.7 Å². The average molecular weight is 432 g/mol. The van der Waals surface area contributed by atoms with Crippen LogP contribution in [0.15, 0.2) is 23.1 Å². The van der Waals surface area contributed by atoms with Crippen molar-refractivity contribution in [1.82, 2.24) is 14.5 Å². The van der Waals surface area contributed by atoms with Gasteiger partial charge in [-0.3, -0.25) is 4.79 Å². The smallest absolute Gasteiger partial charge is 0.219 e. The molecule has 164 valence electrons. The second kappa shape index (κ2) is 7.66. The third-order valence-electron chi connectivity index (χ3n) is 6.40. The first kappa shape index (κ1) is 21.3. The predicted molar refractivity (Wildman–Crippen MR) is 118 cm³/mol. The summed E-state index contributed by atoms with van der Waals surface area (Å²) >= 11 is 0. The highest BCUT2D eigenvalue weighted by atomic mass is 32.2. The van der Waals surface area contributed by atoms with Crippen LogP contribution in [0.4, 0.5) is 0 Å². The largest absolute Gasteiger partial charge is 0.343 e. The molecule has 1 aromatic carbocycles. The highest BCUT2D eigenvalue weighted by Crippen LogP contribution is 2.34. The number of nitrogens with zero attached hydrogens (tertiary/aromatic N) is 3. The number of imidazole rings is 1. The molecule has 4 rings (SSSR count). The van der Waals surface area contributed by atoms with Crippen LogP contribution in [0.5, 0.6) is 0 Å². The molecule has 2 heterocycles. The topological polar surface area (TPSA) is 72.3 Å². The van der Waals surface area contributed by atoms with Crippen molar-refractivity contribution in [2.75, 3.05) is 18.8 Å². The fraction of sp³-hybridized carbons (Fsp3) is 0.652. The molecule has 30 heavy (non-hydrogen) atoms. The highest BCUT2D eigenvalue weighted by Gasteiger charge is 2.31. The molecular weight excluding hydrogens is 398 g/mol. The number of likely N-dealkylation sites (tertiary alicyclic amines) is 1. The minimum Gasteiger partial charge on any atom is -0.343 e. The van der Waals surface area contributed by atoms with Crippen molar-refractivity contribution in [3.8, 4) is 0 Å². The SMILES string of the molecule is CC(=O)N1CCC(Cn2c(C(C)(C)C)nc3cc(S(=O)(=O)CC4CC4)ccc32)CC1. The molecule has 0 radical (unpaired) electrons. The summed E-state index contributed by atoms with van der Waals surface area (Å²) in [6, 6.07) is 5.45. The second-order valence-corrected chi connectivity index (χ2v) is 12.2. The third-order valence-corrected chi connectivity index (χ3v) is 8.28. The molecule has 0 N–H and O–H groups in total. The molecule has 2 aliphatic rings. The van der Waals surface area contributed by atoms with Crippen LogP contribution in [0.1, 0.15) is 59.2 Å². The molecule has 1 aliphatic heterocycles. The third kappa shape index (κ3) is 4.41. The number of hydrogen-bond donors (Lipinski definition) is 0. The van der Waals surface area contributed by atoms with Crippen LogP contribution in [0.2, 0.25) is 0 Å². The van der Waals surface area contributed by atoms with E-state index in [4.69, 9.17) is 4.98 Å². The summed E-state index contributed by atoms with van der Waals surface area (Å²) in [5.41, 5.74) is 1.61. The summed E-state index contributed by atoms with van der Waals surface area (Å²) in [6.07, 6.45) is 4.01. The van der Waals surface area contributed by atoms with Gasteiger partial charge in [-0.15, -0.1) is 0 Å². The molecule has 1 amide bonds. The molecule has 0 atom stereocenters. The van der Waals surface area contributed by atoms with Gasteiger partial charge < -0.3 is 9.47 Å². The van der Waals surface area contributed by atoms with Crippen LogP contribution >= 0.6 is 0 Å². The van der Waals surface area contributed by atoms with Crippen molar-refractivity contribution in [3.63, 3.8) is 0 Å². The molecule has 0 unspecified atom stereocenters. The molecule has 1 aromatic heterocycles. The number of benzene rings is 1.